The van der Waals surface area contributed by atoms with Crippen LogP contribution in [0.2, 0.25) is 0 Å². The second-order valence-electron chi connectivity index (χ2n) is 6.54. The van der Waals surface area contributed by atoms with Crippen molar-refractivity contribution in [3.05, 3.63) is 22.8 Å². The largest absolute Gasteiger partial charge is 0.462 e. The van der Waals surface area contributed by atoms with Crippen molar-refractivity contribution < 1.29 is 23.9 Å². The van der Waals surface area contributed by atoms with E-state index in [4.69, 9.17) is 9.47 Å². The van der Waals surface area contributed by atoms with E-state index in [1.807, 2.05) is 13.8 Å². The van der Waals surface area contributed by atoms with E-state index in [-0.39, 0.29) is 35.5 Å². The first kappa shape index (κ1) is 15.0. The number of ketones is 1. The molecule has 118 valence electrons. The van der Waals surface area contributed by atoms with Gasteiger partial charge in [0.15, 0.2) is 5.78 Å². The van der Waals surface area contributed by atoms with E-state index in [1.165, 1.54) is 6.92 Å². The van der Waals surface area contributed by atoms with Crippen LogP contribution in [0.3, 0.4) is 0 Å². The molecule has 1 heterocycles. The zero-order valence-corrected chi connectivity index (χ0v) is 13.2. The minimum Gasteiger partial charge on any atom is -0.462 e. The Morgan fingerprint density at radius 3 is 2.64 bits per heavy atom. The molecule has 0 saturated carbocycles. The Morgan fingerprint density at radius 1 is 1.32 bits per heavy atom. The topological polar surface area (TPSA) is 69.7 Å². The zero-order valence-electron chi connectivity index (χ0n) is 13.2. The fraction of sp³-hybridized carbons (Fsp3) is 0.588. The van der Waals surface area contributed by atoms with Crippen LogP contribution in [0.1, 0.15) is 34.1 Å². The van der Waals surface area contributed by atoms with Crippen molar-refractivity contribution >= 4 is 17.7 Å². The smallest absolute Gasteiger partial charge is 0.309 e. The van der Waals surface area contributed by atoms with Crippen molar-refractivity contribution in [2.75, 3.05) is 0 Å². The molecule has 0 radical (unpaired) electrons. The molecule has 0 aromatic carbocycles. The summed E-state index contributed by atoms with van der Waals surface area (Å²) in [6.07, 6.45) is 1.24. The molecule has 0 spiro atoms. The van der Waals surface area contributed by atoms with Crippen molar-refractivity contribution in [1.29, 1.82) is 0 Å². The lowest BCUT2D eigenvalue weighted by Gasteiger charge is -2.29. The van der Waals surface area contributed by atoms with Gasteiger partial charge in [-0.25, -0.2) is 0 Å². The number of esters is 2. The molecule has 0 N–H and O–H groups in total. The number of carbonyl (C=O) groups is 3. The molecule has 22 heavy (non-hydrogen) atoms. The Bertz CT molecular complexity index is 627. The second-order valence-corrected chi connectivity index (χ2v) is 6.54. The Balaban J connectivity index is 2.08. The summed E-state index contributed by atoms with van der Waals surface area (Å²) in [7, 11) is 0. The minimum absolute atomic E-state index is 0.0159. The van der Waals surface area contributed by atoms with Crippen LogP contribution in [0, 0.1) is 17.8 Å². The molecule has 0 amide bonds. The summed E-state index contributed by atoms with van der Waals surface area (Å²) in [5.74, 6) is -1.44. The van der Waals surface area contributed by atoms with Gasteiger partial charge in [0.25, 0.3) is 0 Å². The summed E-state index contributed by atoms with van der Waals surface area (Å²) in [5.41, 5.74) is 2.55. The highest BCUT2D eigenvalue weighted by Crippen LogP contribution is 2.48. The van der Waals surface area contributed by atoms with Gasteiger partial charge >= 0.3 is 11.9 Å². The van der Waals surface area contributed by atoms with Crippen LogP contribution in [-0.2, 0) is 23.9 Å². The summed E-state index contributed by atoms with van der Waals surface area (Å²) in [6.45, 7) is 6.96. The van der Waals surface area contributed by atoms with Crippen LogP contribution in [0.15, 0.2) is 22.8 Å². The van der Waals surface area contributed by atoms with Gasteiger partial charge < -0.3 is 9.47 Å². The van der Waals surface area contributed by atoms with Gasteiger partial charge in [0.1, 0.15) is 12.2 Å². The fourth-order valence-electron chi connectivity index (χ4n) is 4.12. The Labute approximate surface area is 129 Å². The van der Waals surface area contributed by atoms with Crippen molar-refractivity contribution in [2.45, 2.75) is 46.3 Å². The van der Waals surface area contributed by atoms with Gasteiger partial charge in [0, 0.05) is 30.8 Å². The predicted molar refractivity (Wildman–Crippen MR) is 77.7 cm³/mol. The standard InChI is InChI=1S/C17H20O5/c1-7-5-11(19)13-8(2)6-12(21-10(4)18)15-9(3)17(20)22-16(15)14(7)13/h5,9,12,14-16H,6H2,1-4H3/t9-,12-,14?,15?,16+/m1/s1. The summed E-state index contributed by atoms with van der Waals surface area (Å²) < 4.78 is 11.1. The first-order valence-electron chi connectivity index (χ1n) is 7.61. The normalized spacial score (nSPS) is 37.3. The molecule has 3 aliphatic rings. The maximum atomic E-state index is 12.3. The zero-order chi connectivity index (χ0) is 16.2. The molecule has 5 nitrogen and oxygen atoms in total. The van der Waals surface area contributed by atoms with E-state index in [1.54, 1.807) is 13.0 Å². The quantitative estimate of drug-likeness (QED) is 0.693. The highest BCUT2D eigenvalue weighted by molar-refractivity contribution is 6.09. The van der Waals surface area contributed by atoms with Crippen LogP contribution < -0.4 is 0 Å². The molecule has 1 saturated heterocycles. The molecule has 5 atom stereocenters. The third-order valence-electron chi connectivity index (χ3n) is 5.05. The number of carbonyl (C=O) groups excluding carboxylic acids is 3. The van der Waals surface area contributed by atoms with Gasteiger partial charge in [-0.1, -0.05) is 18.1 Å². The van der Waals surface area contributed by atoms with Crippen molar-refractivity contribution in [3.63, 3.8) is 0 Å². The first-order valence-corrected chi connectivity index (χ1v) is 7.61. The van der Waals surface area contributed by atoms with Gasteiger partial charge in [-0.15, -0.1) is 0 Å². The van der Waals surface area contributed by atoms with Crippen LogP contribution in [0.25, 0.3) is 0 Å². The summed E-state index contributed by atoms with van der Waals surface area (Å²) in [5, 5.41) is 0. The van der Waals surface area contributed by atoms with E-state index in [9.17, 15) is 14.4 Å². The van der Waals surface area contributed by atoms with Crippen molar-refractivity contribution in [3.8, 4) is 0 Å². The van der Waals surface area contributed by atoms with E-state index < -0.39 is 12.2 Å². The molecule has 0 aromatic rings. The lowest BCUT2D eigenvalue weighted by molar-refractivity contribution is -0.150. The molecule has 1 aliphatic heterocycles. The average molecular weight is 304 g/mol. The third-order valence-corrected chi connectivity index (χ3v) is 5.05. The van der Waals surface area contributed by atoms with Gasteiger partial charge in [0.05, 0.1) is 5.92 Å². The first-order chi connectivity index (χ1) is 10.3. The molecule has 2 unspecified atom stereocenters. The molecule has 5 heteroatoms. The molecule has 0 aromatic heterocycles. The molecule has 2 aliphatic carbocycles. The van der Waals surface area contributed by atoms with Gasteiger partial charge in [-0.05, 0) is 19.9 Å². The highest BCUT2D eigenvalue weighted by Gasteiger charge is 2.55. The Kier molecular flexibility index (Phi) is 3.46. The minimum atomic E-state index is -0.429. The molecular weight excluding hydrogens is 284 g/mol. The number of ether oxygens (including phenoxy) is 2. The lowest BCUT2D eigenvalue weighted by atomic mass is 9.79. The maximum absolute atomic E-state index is 12.3. The average Bonchev–Trinajstić information content (AvgIpc) is 2.81. The van der Waals surface area contributed by atoms with Crippen LogP contribution in [-0.4, -0.2) is 29.9 Å². The third kappa shape index (κ3) is 2.11. The van der Waals surface area contributed by atoms with E-state index in [0.29, 0.717) is 12.0 Å². The number of hydrogen-bond acceptors (Lipinski definition) is 5. The number of fused-ring (bicyclic) bond motifs is 3. The summed E-state index contributed by atoms with van der Waals surface area (Å²) in [4.78, 5) is 35.8. The van der Waals surface area contributed by atoms with Gasteiger partial charge in [-0.3, -0.25) is 14.4 Å². The summed E-state index contributed by atoms with van der Waals surface area (Å²) in [6, 6.07) is 0. The monoisotopic (exact) mass is 304 g/mol. The van der Waals surface area contributed by atoms with Crippen molar-refractivity contribution in [1.82, 2.24) is 0 Å². The summed E-state index contributed by atoms with van der Waals surface area (Å²) >= 11 is 0. The van der Waals surface area contributed by atoms with Gasteiger partial charge in [0.2, 0.25) is 0 Å². The SMILES string of the molecule is CC(=O)O[C@@H]1CC(C)=C2C(=O)C=C(C)C2[C@@H]2OC(=O)[C@H](C)C21. The molecular formula is C17H20O5. The van der Waals surface area contributed by atoms with E-state index in [2.05, 4.69) is 0 Å². The maximum Gasteiger partial charge on any atom is 0.309 e. The lowest BCUT2D eigenvalue weighted by Crippen LogP contribution is -2.37. The van der Waals surface area contributed by atoms with E-state index in [0.717, 1.165) is 11.1 Å². The Morgan fingerprint density at radius 2 is 2.00 bits per heavy atom. The van der Waals surface area contributed by atoms with Crippen LogP contribution in [0.5, 0.6) is 0 Å². The molecule has 0 bridgehead atoms. The molecule has 3 rings (SSSR count). The van der Waals surface area contributed by atoms with E-state index >= 15 is 0 Å². The number of rotatable bonds is 1. The Hall–Kier alpha value is -1.91. The second kappa shape index (κ2) is 5.07. The van der Waals surface area contributed by atoms with Gasteiger partial charge in [-0.2, -0.15) is 0 Å². The van der Waals surface area contributed by atoms with Crippen LogP contribution in [0.4, 0.5) is 0 Å². The predicted octanol–water partition coefficient (Wildman–Crippen LogP) is 1.96. The molecule has 1 fully saturated rings. The highest BCUT2D eigenvalue weighted by atomic mass is 16.6. The fourth-order valence-corrected chi connectivity index (χ4v) is 4.12. The van der Waals surface area contributed by atoms with Crippen molar-refractivity contribution in [2.24, 2.45) is 17.8 Å². The number of allylic oxidation sites excluding steroid dienone is 1. The van der Waals surface area contributed by atoms with Crippen LogP contribution >= 0.6 is 0 Å². The number of hydrogen-bond donors (Lipinski definition) is 0.